The van der Waals surface area contributed by atoms with Gasteiger partial charge in [-0.25, -0.2) is 4.98 Å². The van der Waals surface area contributed by atoms with Crippen molar-refractivity contribution in [1.29, 1.82) is 0 Å². The van der Waals surface area contributed by atoms with Gasteiger partial charge in [-0.2, -0.15) is 0 Å². The van der Waals surface area contributed by atoms with Gasteiger partial charge in [-0.1, -0.05) is 222 Å². The van der Waals surface area contributed by atoms with Crippen LogP contribution in [0.15, 0.2) is 164 Å². The molecule has 471 valence electrons. The molecule has 0 saturated carbocycles. The Bertz CT molecular complexity index is 1930. The predicted octanol–water partition coefficient (Wildman–Crippen LogP) is 17.8. The molecule has 6 aromatic rings. The molecular formula is C69H117N6O6Y3-3. The number of hydrogen-bond donors (Lipinski definition) is 6. The van der Waals surface area contributed by atoms with Crippen LogP contribution in [0.4, 0.5) is 17.2 Å². The van der Waals surface area contributed by atoms with Crippen molar-refractivity contribution in [2.45, 2.75) is 201 Å². The van der Waals surface area contributed by atoms with Gasteiger partial charge in [-0.15, -0.1) is 0 Å². The molecular weight excluding hydrogens is 1280 g/mol. The quantitative estimate of drug-likeness (QED) is 0.0544. The van der Waals surface area contributed by atoms with Gasteiger partial charge < -0.3 is 53.5 Å². The summed E-state index contributed by atoms with van der Waals surface area (Å²) in [7, 11) is 0. The molecule has 3 amide bonds. The number of carbonyl (C=O) groups is 3. The molecule has 6 rings (SSSR count). The van der Waals surface area contributed by atoms with Crippen molar-refractivity contribution < 1.29 is 128 Å². The zero-order valence-corrected chi connectivity index (χ0v) is 65.5. The number of pyridine rings is 3. The number of aryl methyl sites for hydroxylation is 3. The van der Waals surface area contributed by atoms with E-state index in [9.17, 15) is 29.7 Å². The summed E-state index contributed by atoms with van der Waals surface area (Å²) in [5, 5.41) is 38.8. The number of benzene rings is 3. The molecule has 3 aromatic carbocycles. The van der Waals surface area contributed by atoms with E-state index < -0.39 is 34.5 Å². The van der Waals surface area contributed by atoms with Crippen molar-refractivity contribution in [3.05, 3.63) is 203 Å². The SMILES string of the molecule is CC.CC.CC.CC.CC.CC.CC.CC.CC.C[C@](O)(CCc1ccccc1)C(=O)Nc1ccccn1.C[C@](O)(CCc1ccccc1)C(=O)Nc1cccnc1.C[C@](O)(CCc1ccccc1)C(=O)Nc1ccncc1.[CH3-].[CH3-].[CH3-].[Y].[Y].[Y]. The van der Waals surface area contributed by atoms with Crippen LogP contribution in [0, 0.1) is 22.3 Å². The molecule has 0 bridgehead atoms. The van der Waals surface area contributed by atoms with Crippen LogP contribution in [0.25, 0.3) is 0 Å². The number of carbonyl (C=O) groups excluding carboxylic acids is 3. The third kappa shape index (κ3) is 55.3. The molecule has 0 aliphatic carbocycles. The Morgan fingerprint density at radius 2 is 0.655 bits per heavy atom. The number of anilines is 3. The van der Waals surface area contributed by atoms with Crippen LogP contribution in [-0.2, 0) is 132 Å². The van der Waals surface area contributed by atoms with Gasteiger partial charge in [-0.3, -0.25) is 24.4 Å². The minimum absolute atomic E-state index is 0. The molecule has 3 aromatic heterocycles. The smallest absolute Gasteiger partial charge is 0.257 e. The van der Waals surface area contributed by atoms with Crippen molar-refractivity contribution in [1.82, 2.24) is 15.0 Å². The summed E-state index contributed by atoms with van der Waals surface area (Å²) in [6.45, 7) is 40.6. The average Bonchev–Trinajstić information content (AvgIpc) is 3.52. The summed E-state index contributed by atoms with van der Waals surface area (Å²) < 4.78 is 0. The molecule has 0 unspecified atom stereocenters. The largest absolute Gasteiger partial charge is 0.380 e. The average molecular weight is 1390 g/mol. The molecule has 0 aliphatic heterocycles. The summed E-state index contributed by atoms with van der Waals surface area (Å²) in [4.78, 5) is 48.0. The first kappa shape index (κ1) is 109. The molecule has 3 atom stereocenters. The van der Waals surface area contributed by atoms with Crippen LogP contribution in [-0.4, -0.2) is 64.8 Å². The number of hydrogen-bond acceptors (Lipinski definition) is 9. The Balaban J connectivity index is -0.0000000788. The van der Waals surface area contributed by atoms with Crippen LogP contribution < -0.4 is 16.0 Å². The second-order valence-corrected chi connectivity index (χ2v) is 14.8. The number of aliphatic hydroxyl groups is 3. The normalized spacial score (nSPS) is 10.3. The number of rotatable bonds is 15. The van der Waals surface area contributed by atoms with Gasteiger partial charge in [0, 0.05) is 129 Å². The van der Waals surface area contributed by atoms with Crippen LogP contribution in [0.5, 0.6) is 0 Å². The molecule has 0 saturated heterocycles. The Hall–Kier alpha value is -3.29. The standard InChI is InChI=1S/3C16H18N2O2.9C2H6.3CH3.3Y/c1-16(20,11-10-13-7-3-2-4-8-13)15(19)18-14-9-5-6-12-17-14;1-16(20,10-9-13-6-3-2-4-7-13)15(19)18-14-8-5-11-17-12-14;1-16(20,10-7-13-5-3-2-4-6-13)15(19)18-14-8-11-17-12-9-14;9*1-2;;;;;;/h2-9,12,20H,10-11H2,1H3,(H,17,18,19);2-8,11-12,20H,9-10H2,1H3,(H,18,19);2-6,8-9,11-12,20H,7,10H2,1H3,(H,17,18,19);9*1-2H3;3*1H3;;;/q;;;;;;;;;;;;3*-1;;;/t3*16-;;;;;;;;;;;;;;;/m000.............../s1. The van der Waals surface area contributed by atoms with E-state index in [1.54, 1.807) is 73.4 Å². The number of nitrogens with zero attached hydrogens (tertiary/aromatic N) is 3. The zero-order valence-electron chi connectivity index (χ0n) is 57.0. The van der Waals surface area contributed by atoms with Gasteiger partial charge in [0.2, 0.25) is 0 Å². The van der Waals surface area contributed by atoms with Crippen molar-refractivity contribution in [2.75, 3.05) is 16.0 Å². The number of nitrogens with one attached hydrogen (secondary N) is 3. The van der Waals surface area contributed by atoms with Crippen molar-refractivity contribution in [2.24, 2.45) is 0 Å². The fourth-order valence-corrected chi connectivity index (χ4v) is 5.53. The van der Waals surface area contributed by atoms with E-state index in [0.717, 1.165) is 16.7 Å². The van der Waals surface area contributed by atoms with E-state index in [0.29, 0.717) is 55.7 Å². The first-order valence-electron chi connectivity index (χ1n) is 28.7. The van der Waals surface area contributed by atoms with E-state index in [1.807, 2.05) is 216 Å². The Morgan fingerprint density at radius 3 is 0.940 bits per heavy atom. The van der Waals surface area contributed by atoms with Crippen molar-refractivity contribution in [3.63, 3.8) is 0 Å². The maximum atomic E-state index is 12.1. The molecule has 0 aliphatic rings. The second-order valence-electron chi connectivity index (χ2n) is 14.8. The van der Waals surface area contributed by atoms with Crippen LogP contribution in [0.1, 0.15) is 181 Å². The predicted molar refractivity (Wildman–Crippen MR) is 356 cm³/mol. The minimum atomic E-state index is -1.42. The molecule has 3 radical (unpaired) electrons. The maximum Gasteiger partial charge on any atom is 0.257 e. The number of aromatic nitrogens is 3. The van der Waals surface area contributed by atoms with Gasteiger partial charge in [0.1, 0.15) is 22.6 Å². The fraction of sp³-hybridized carbons (Fsp3) is 0.435. The third-order valence-corrected chi connectivity index (χ3v) is 9.46. The minimum Gasteiger partial charge on any atom is -0.380 e. The molecule has 3 heterocycles. The van der Waals surface area contributed by atoms with Gasteiger partial charge in [0.15, 0.2) is 0 Å². The summed E-state index contributed by atoms with van der Waals surface area (Å²) in [6, 6.07) is 41.4. The van der Waals surface area contributed by atoms with Gasteiger partial charge in [0.05, 0.1) is 11.9 Å². The maximum absolute atomic E-state index is 12.1. The number of amides is 3. The third-order valence-electron chi connectivity index (χ3n) is 9.46. The van der Waals surface area contributed by atoms with E-state index in [-0.39, 0.29) is 120 Å². The summed E-state index contributed by atoms with van der Waals surface area (Å²) in [5.41, 5.74) is 0.269. The first-order chi connectivity index (χ1) is 37.7. The van der Waals surface area contributed by atoms with Crippen molar-refractivity contribution >= 4 is 34.9 Å². The molecule has 0 spiro atoms. The summed E-state index contributed by atoms with van der Waals surface area (Å²) in [5.74, 6) is -0.814. The topological polar surface area (TPSA) is 187 Å². The Labute approximate surface area is 591 Å². The molecule has 0 fully saturated rings. The second kappa shape index (κ2) is 75.8. The fourth-order valence-electron chi connectivity index (χ4n) is 5.53. The van der Waals surface area contributed by atoms with Gasteiger partial charge in [0.25, 0.3) is 17.7 Å². The molecule has 15 heteroatoms. The Kier molecular flexibility index (Phi) is 98.0. The van der Waals surface area contributed by atoms with E-state index in [1.165, 1.54) is 20.8 Å². The molecule has 84 heavy (non-hydrogen) atoms. The summed E-state index contributed by atoms with van der Waals surface area (Å²) >= 11 is 0. The van der Waals surface area contributed by atoms with Crippen molar-refractivity contribution in [3.8, 4) is 0 Å². The van der Waals surface area contributed by atoms with E-state index in [4.69, 9.17) is 0 Å². The zero-order chi connectivity index (χ0) is 61.3. The Morgan fingerprint density at radius 1 is 0.357 bits per heavy atom. The first-order valence-corrected chi connectivity index (χ1v) is 28.7. The van der Waals surface area contributed by atoms with Crippen LogP contribution in [0.2, 0.25) is 0 Å². The van der Waals surface area contributed by atoms with Crippen LogP contribution >= 0.6 is 0 Å². The van der Waals surface area contributed by atoms with Crippen LogP contribution in [0.3, 0.4) is 0 Å². The molecule has 6 N–H and O–H groups in total. The van der Waals surface area contributed by atoms with E-state index in [2.05, 4.69) is 30.9 Å². The molecule has 12 nitrogen and oxygen atoms in total. The monoisotopic (exact) mass is 1390 g/mol. The summed E-state index contributed by atoms with van der Waals surface area (Å²) in [6.07, 6.45) is 11.0. The van der Waals surface area contributed by atoms with Gasteiger partial charge >= 0.3 is 0 Å². The van der Waals surface area contributed by atoms with E-state index >= 15 is 0 Å². The van der Waals surface area contributed by atoms with Gasteiger partial charge in [-0.05, 0) is 112 Å².